The molecule has 1 amide bonds. The molecule has 6 heteroatoms. The summed E-state index contributed by atoms with van der Waals surface area (Å²) >= 11 is 0. The van der Waals surface area contributed by atoms with Crippen molar-refractivity contribution in [2.24, 2.45) is 17.8 Å². The summed E-state index contributed by atoms with van der Waals surface area (Å²) in [4.78, 5) is 15.1. The number of rotatable bonds is 3. The van der Waals surface area contributed by atoms with Gasteiger partial charge in [0.25, 0.3) is 5.91 Å². The summed E-state index contributed by atoms with van der Waals surface area (Å²) in [5.41, 5.74) is 1.43. The molecule has 3 aliphatic rings. The third kappa shape index (κ3) is 2.96. The van der Waals surface area contributed by atoms with Gasteiger partial charge < -0.3 is 19.3 Å². The van der Waals surface area contributed by atoms with Crippen LogP contribution in [0.4, 0.5) is 0 Å². The smallest absolute Gasteiger partial charge is 0.276 e. The quantitative estimate of drug-likeness (QED) is 0.862. The number of aromatic nitrogens is 1. The minimum Gasteiger partial charge on any atom is -0.497 e. The molecule has 0 radical (unpaired) electrons. The third-order valence-corrected chi connectivity index (χ3v) is 7.30. The van der Waals surface area contributed by atoms with Crippen LogP contribution in [0.1, 0.15) is 53.6 Å². The van der Waals surface area contributed by atoms with Gasteiger partial charge in [0.1, 0.15) is 11.5 Å². The van der Waals surface area contributed by atoms with Gasteiger partial charge in [0, 0.05) is 31.0 Å². The van der Waals surface area contributed by atoms with E-state index in [9.17, 15) is 9.90 Å². The average Bonchev–Trinajstić information content (AvgIpc) is 3.42. The Labute approximate surface area is 170 Å². The molecule has 154 valence electrons. The number of aryl methyl sites for hydroxylation is 1. The standard InChI is InChI=1S/C23H28N2O4/c1-14-6-7-20-18(10-14)21(24-29-20)22(26)25-12-15-8-9-23(27,19(15)13-25)16-4-3-5-17(11-16)28-2/h3-5,11,14-15,19,27H,6-10,12-13H2,1-2H3/t14-,15-,19+,23+/m1/s1. The summed E-state index contributed by atoms with van der Waals surface area (Å²) in [5, 5.41) is 15.7. The molecule has 1 aromatic heterocycles. The average molecular weight is 396 g/mol. The van der Waals surface area contributed by atoms with E-state index in [-0.39, 0.29) is 11.8 Å². The molecule has 1 N–H and O–H groups in total. The molecule has 29 heavy (non-hydrogen) atoms. The van der Waals surface area contributed by atoms with Crippen LogP contribution in [0.5, 0.6) is 5.75 Å². The lowest BCUT2D eigenvalue weighted by atomic mass is 9.82. The summed E-state index contributed by atoms with van der Waals surface area (Å²) in [6, 6.07) is 7.69. The lowest BCUT2D eigenvalue weighted by Crippen LogP contribution is -2.37. The highest BCUT2D eigenvalue weighted by Gasteiger charge is 2.53. The zero-order valence-corrected chi connectivity index (χ0v) is 17.1. The minimum atomic E-state index is -0.925. The Hall–Kier alpha value is -2.34. The SMILES string of the molecule is COc1cccc([C@@]2(O)CC[C@@H]3CN(C(=O)c4noc5c4C[C@H](C)CC5)C[C@@H]32)c1. The number of methoxy groups -OCH3 is 1. The molecule has 4 atom stereocenters. The van der Waals surface area contributed by atoms with Gasteiger partial charge in [-0.25, -0.2) is 0 Å². The van der Waals surface area contributed by atoms with Crippen molar-refractivity contribution >= 4 is 5.91 Å². The maximum atomic E-state index is 13.3. The van der Waals surface area contributed by atoms with Crippen molar-refractivity contribution < 1.29 is 19.2 Å². The molecular weight excluding hydrogens is 368 g/mol. The second-order valence-corrected chi connectivity index (χ2v) is 9.05. The van der Waals surface area contributed by atoms with Gasteiger partial charge in [-0.2, -0.15) is 0 Å². The molecule has 2 aromatic rings. The number of hydrogen-bond acceptors (Lipinski definition) is 5. The second-order valence-electron chi connectivity index (χ2n) is 9.05. The van der Waals surface area contributed by atoms with Crippen LogP contribution in [0.25, 0.3) is 0 Å². The molecule has 0 unspecified atom stereocenters. The van der Waals surface area contributed by atoms with E-state index in [1.54, 1.807) is 7.11 Å². The molecule has 0 bridgehead atoms. The van der Waals surface area contributed by atoms with E-state index in [0.29, 0.717) is 37.0 Å². The zero-order valence-electron chi connectivity index (χ0n) is 17.1. The number of carbonyl (C=O) groups excluding carboxylic acids is 1. The van der Waals surface area contributed by atoms with Crippen LogP contribution in [0.2, 0.25) is 0 Å². The highest BCUT2D eigenvalue weighted by atomic mass is 16.5. The van der Waals surface area contributed by atoms with E-state index < -0.39 is 5.60 Å². The number of benzene rings is 1. The Morgan fingerprint density at radius 3 is 3.03 bits per heavy atom. The van der Waals surface area contributed by atoms with E-state index >= 15 is 0 Å². The summed E-state index contributed by atoms with van der Waals surface area (Å²) < 4.78 is 10.8. The van der Waals surface area contributed by atoms with Gasteiger partial charge in [0.2, 0.25) is 0 Å². The molecular formula is C23H28N2O4. The van der Waals surface area contributed by atoms with Crippen molar-refractivity contribution in [2.45, 2.75) is 44.6 Å². The first kappa shape index (κ1) is 18.7. The van der Waals surface area contributed by atoms with E-state index in [2.05, 4.69) is 12.1 Å². The zero-order chi connectivity index (χ0) is 20.2. The van der Waals surface area contributed by atoms with Crippen molar-refractivity contribution in [1.29, 1.82) is 0 Å². The highest BCUT2D eigenvalue weighted by molar-refractivity contribution is 5.94. The van der Waals surface area contributed by atoms with Crippen LogP contribution >= 0.6 is 0 Å². The first-order valence-electron chi connectivity index (χ1n) is 10.6. The van der Waals surface area contributed by atoms with Gasteiger partial charge in [-0.3, -0.25) is 4.79 Å². The predicted molar refractivity (Wildman–Crippen MR) is 107 cm³/mol. The summed E-state index contributed by atoms with van der Waals surface area (Å²) in [5.74, 6) is 2.44. The minimum absolute atomic E-state index is 0.0280. The van der Waals surface area contributed by atoms with Crippen molar-refractivity contribution in [1.82, 2.24) is 10.1 Å². The maximum Gasteiger partial charge on any atom is 0.276 e. The number of aliphatic hydroxyl groups is 1. The monoisotopic (exact) mass is 396 g/mol. The van der Waals surface area contributed by atoms with Crippen LogP contribution in [-0.4, -0.2) is 41.3 Å². The largest absolute Gasteiger partial charge is 0.497 e. The highest BCUT2D eigenvalue weighted by Crippen LogP contribution is 2.51. The van der Waals surface area contributed by atoms with Crippen LogP contribution in [0.15, 0.2) is 28.8 Å². The van der Waals surface area contributed by atoms with E-state index in [4.69, 9.17) is 9.26 Å². The molecule has 6 nitrogen and oxygen atoms in total. The van der Waals surface area contributed by atoms with E-state index in [1.807, 2.05) is 29.2 Å². The Morgan fingerprint density at radius 2 is 2.21 bits per heavy atom. The number of nitrogens with zero attached hydrogens (tertiary/aromatic N) is 2. The Morgan fingerprint density at radius 1 is 1.34 bits per heavy atom. The van der Waals surface area contributed by atoms with Crippen molar-refractivity contribution in [3.8, 4) is 5.75 Å². The van der Waals surface area contributed by atoms with Gasteiger partial charge in [-0.05, 0) is 55.2 Å². The number of likely N-dealkylation sites (tertiary alicyclic amines) is 1. The molecule has 1 aliphatic heterocycles. The molecule has 5 rings (SSSR count). The molecule has 1 aromatic carbocycles. The van der Waals surface area contributed by atoms with Gasteiger partial charge in [0.05, 0.1) is 12.7 Å². The fourth-order valence-electron chi connectivity index (χ4n) is 5.61. The lowest BCUT2D eigenvalue weighted by molar-refractivity contribution is -0.00609. The number of ether oxygens (including phenoxy) is 1. The van der Waals surface area contributed by atoms with Crippen molar-refractivity contribution in [3.63, 3.8) is 0 Å². The molecule has 0 spiro atoms. The predicted octanol–water partition coefficient (Wildman–Crippen LogP) is 3.18. The summed E-state index contributed by atoms with van der Waals surface area (Å²) in [6.45, 7) is 3.43. The molecule has 2 heterocycles. The summed E-state index contributed by atoms with van der Waals surface area (Å²) in [7, 11) is 1.63. The van der Waals surface area contributed by atoms with Crippen molar-refractivity contribution in [2.75, 3.05) is 20.2 Å². The van der Waals surface area contributed by atoms with Gasteiger partial charge in [-0.15, -0.1) is 0 Å². The Kier molecular flexibility index (Phi) is 4.42. The van der Waals surface area contributed by atoms with Crippen LogP contribution in [0.3, 0.4) is 0 Å². The second kappa shape index (κ2) is 6.87. The fraction of sp³-hybridized carbons (Fsp3) is 0.565. The van der Waals surface area contributed by atoms with Crippen LogP contribution < -0.4 is 4.74 Å². The number of amides is 1. The van der Waals surface area contributed by atoms with E-state index in [1.165, 1.54) is 0 Å². The van der Waals surface area contributed by atoms with Gasteiger partial charge in [0.15, 0.2) is 5.69 Å². The summed E-state index contributed by atoms with van der Waals surface area (Å²) in [6.07, 6.45) is 4.42. The lowest BCUT2D eigenvalue weighted by Gasteiger charge is -2.31. The van der Waals surface area contributed by atoms with Crippen LogP contribution in [-0.2, 0) is 18.4 Å². The number of carbonyl (C=O) groups is 1. The fourth-order valence-corrected chi connectivity index (χ4v) is 5.61. The number of fused-ring (bicyclic) bond motifs is 2. The van der Waals surface area contributed by atoms with Gasteiger partial charge >= 0.3 is 0 Å². The Bertz CT molecular complexity index is 939. The molecule has 1 saturated heterocycles. The molecule has 2 fully saturated rings. The third-order valence-electron chi connectivity index (χ3n) is 7.30. The maximum absolute atomic E-state index is 13.3. The molecule has 1 saturated carbocycles. The topological polar surface area (TPSA) is 75.8 Å². The van der Waals surface area contributed by atoms with Crippen molar-refractivity contribution in [3.05, 3.63) is 46.8 Å². The van der Waals surface area contributed by atoms with E-state index in [0.717, 1.165) is 48.3 Å². The normalized spacial score (nSPS) is 30.9. The first-order chi connectivity index (χ1) is 14.0. The molecule has 2 aliphatic carbocycles. The van der Waals surface area contributed by atoms with Gasteiger partial charge in [-0.1, -0.05) is 24.2 Å². The van der Waals surface area contributed by atoms with Crippen LogP contribution in [0, 0.1) is 17.8 Å². The number of hydrogen-bond donors (Lipinski definition) is 1. The first-order valence-corrected chi connectivity index (χ1v) is 10.6. The Balaban J connectivity index is 1.38.